The van der Waals surface area contributed by atoms with Crippen LogP contribution in [-0.2, 0) is 13.6 Å². The van der Waals surface area contributed by atoms with Crippen LogP contribution >= 0.6 is 0 Å². The first kappa shape index (κ1) is 12.3. The van der Waals surface area contributed by atoms with E-state index in [4.69, 9.17) is 5.73 Å². The molecule has 94 valence electrons. The van der Waals surface area contributed by atoms with Crippen molar-refractivity contribution in [2.24, 2.45) is 12.8 Å². The van der Waals surface area contributed by atoms with Crippen LogP contribution in [0.15, 0.2) is 24.4 Å². The lowest BCUT2D eigenvalue weighted by Gasteiger charge is -2.02. The Labute approximate surface area is 105 Å². The molecule has 0 aliphatic rings. The molecule has 0 spiro atoms. The van der Waals surface area contributed by atoms with E-state index in [1.54, 1.807) is 30.1 Å². The van der Waals surface area contributed by atoms with E-state index in [0.717, 1.165) is 11.3 Å². The number of nitrogens with two attached hydrogens (primary N) is 1. The summed E-state index contributed by atoms with van der Waals surface area (Å²) in [6.07, 6.45) is 1.64. The van der Waals surface area contributed by atoms with Crippen molar-refractivity contribution in [3.8, 4) is 0 Å². The van der Waals surface area contributed by atoms with Gasteiger partial charge in [0.25, 0.3) is 5.91 Å². The van der Waals surface area contributed by atoms with E-state index in [0.29, 0.717) is 18.1 Å². The number of nitrogens with zero attached hydrogens (tertiary/aromatic N) is 3. The van der Waals surface area contributed by atoms with Gasteiger partial charge < -0.3 is 11.1 Å². The van der Waals surface area contributed by atoms with E-state index in [9.17, 15) is 4.79 Å². The molecule has 2 heterocycles. The minimum absolute atomic E-state index is 0.272. The van der Waals surface area contributed by atoms with Gasteiger partial charge in [0, 0.05) is 25.5 Å². The lowest BCUT2D eigenvalue weighted by Crippen LogP contribution is -2.14. The normalized spacial score (nSPS) is 10.4. The fourth-order valence-corrected chi connectivity index (χ4v) is 1.47. The monoisotopic (exact) mass is 245 g/mol. The summed E-state index contributed by atoms with van der Waals surface area (Å²) in [6.45, 7) is 2.32. The van der Waals surface area contributed by atoms with Crippen LogP contribution in [0.3, 0.4) is 0 Å². The molecule has 18 heavy (non-hydrogen) atoms. The first-order chi connectivity index (χ1) is 8.60. The van der Waals surface area contributed by atoms with E-state index in [1.165, 1.54) is 0 Å². The van der Waals surface area contributed by atoms with E-state index < -0.39 is 0 Å². The topological polar surface area (TPSA) is 85.8 Å². The minimum atomic E-state index is -0.272. The van der Waals surface area contributed by atoms with Gasteiger partial charge in [-0.05, 0) is 24.6 Å². The van der Waals surface area contributed by atoms with Gasteiger partial charge in [0.05, 0.1) is 0 Å². The average Bonchev–Trinajstić information content (AvgIpc) is 2.71. The van der Waals surface area contributed by atoms with Crippen molar-refractivity contribution in [1.82, 2.24) is 14.8 Å². The molecule has 0 atom stereocenters. The average molecular weight is 245 g/mol. The second-order valence-electron chi connectivity index (χ2n) is 4.00. The van der Waals surface area contributed by atoms with Crippen LogP contribution in [0.2, 0.25) is 0 Å². The molecule has 0 aromatic carbocycles. The van der Waals surface area contributed by atoms with Crippen LogP contribution in [0.5, 0.6) is 0 Å². The van der Waals surface area contributed by atoms with Crippen molar-refractivity contribution in [3.63, 3.8) is 0 Å². The SMILES string of the molecule is Cc1cc(C(=O)Nc2ccc(CN)cn2)nn1C. The molecule has 0 aliphatic carbocycles. The predicted octanol–water partition coefficient (Wildman–Crippen LogP) is 0.835. The lowest BCUT2D eigenvalue weighted by atomic mass is 10.3. The second-order valence-corrected chi connectivity index (χ2v) is 4.00. The summed E-state index contributed by atoms with van der Waals surface area (Å²) in [5, 5.41) is 6.78. The molecule has 0 radical (unpaired) electrons. The third kappa shape index (κ3) is 2.54. The molecule has 0 unspecified atom stereocenters. The van der Waals surface area contributed by atoms with Crippen molar-refractivity contribution < 1.29 is 4.79 Å². The number of hydrogen-bond donors (Lipinski definition) is 2. The molecule has 2 aromatic rings. The Kier molecular flexibility index (Phi) is 3.38. The molecule has 1 amide bonds. The molecular formula is C12H15N5O. The Morgan fingerprint density at radius 2 is 2.28 bits per heavy atom. The molecule has 0 saturated heterocycles. The van der Waals surface area contributed by atoms with Crippen molar-refractivity contribution in [2.45, 2.75) is 13.5 Å². The standard InChI is InChI=1S/C12H15N5O/c1-8-5-10(16-17(8)2)12(18)15-11-4-3-9(6-13)7-14-11/h3-5,7H,6,13H2,1-2H3,(H,14,15,18). The Hall–Kier alpha value is -2.21. The Balaban J connectivity index is 2.10. The first-order valence-corrected chi connectivity index (χ1v) is 5.57. The molecule has 0 bridgehead atoms. The molecule has 0 fully saturated rings. The van der Waals surface area contributed by atoms with Crippen LogP contribution in [0.4, 0.5) is 5.82 Å². The molecule has 2 aromatic heterocycles. The number of carbonyl (C=O) groups excluding carboxylic acids is 1. The fourth-order valence-electron chi connectivity index (χ4n) is 1.47. The zero-order chi connectivity index (χ0) is 13.1. The Bertz CT molecular complexity index is 539. The van der Waals surface area contributed by atoms with E-state index in [1.807, 2.05) is 13.0 Å². The van der Waals surface area contributed by atoms with Crippen molar-refractivity contribution in [1.29, 1.82) is 0 Å². The van der Waals surface area contributed by atoms with E-state index >= 15 is 0 Å². The van der Waals surface area contributed by atoms with Crippen LogP contribution in [0, 0.1) is 6.92 Å². The lowest BCUT2D eigenvalue weighted by molar-refractivity contribution is 0.102. The summed E-state index contributed by atoms with van der Waals surface area (Å²) < 4.78 is 1.65. The number of anilines is 1. The van der Waals surface area contributed by atoms with Gasteiger partial charge in [-0.25, -0.2) is 4.98 Å². The summed E-state index contributed by atoms with van der Waals surface area (Å²) in [7, 11) is 1.79. The number of rotatable bonds is 3. The van der Waals surface area contributed by atoms with Gasteiger partial charge in [-0.1, -0.05) is 6.07 Å². The van der Waals surface area contributed by atoms with Crippen molar-refractivity contribution in [2.75, 3.05) is 5.32 Å². The Morgan fingerprint density at radius 1 is 1.50 bits per heavy atom. The molecule has 0 aliphatic heterocycles. The maximum absolute atomic E-state index is 11.9. The maximum Gasteiger partial charge on any atom is 0.277 e. The molecule has 3 N–H and O–H groups in total. The van der Waals surface area contributed by atoms with Gasteiger partial charge in [-0.3, -0.25) is 9.48 Å². The smallest absolute Gasteiger partial charge is 0.277 e. The summed E-state index contributed by atoms with van der Waals surface area (Å²) in [6, 6.07) is 5.27. The number of aryl methyl sites for hydroxylation is 2. The highest BCUT2D eigenvalue weighted by Gasteiger charge is 2.11. The summed E-state index contributed by atoms with van der Waals surface area (Å²) in [5.41, 5.74) is 7.69. The van der Waals surface area contributed by atoms with Gasteiger partial charge in [0.1, 0.15) is 5.82 Å². The highest BCUT2D eigenvalue weighted by atomic mass is 16.2. The van der Waals surface area contributed by atoms with E-state index in [2.05, 4.69) is 15.4 Å². The molecule has 0 saturated carbocycles. The highest BCUT2D eigenvalue weighted by Crippen LogP contribution is 2.07. The first-order valence-electron chi connectivity index (χ1n) is 5.57. The quantitative estimate of drug-likeness (QED) is 0.838. The van der Waals surface area contributed by atoms with Gasteiger partial charge in [0.15, 0.2) is 5.69 Å². The fraction of sp³-hybridized carbons (Fsp3) is 0.250. The third-order valence-corrected chi connectivity index (χ3v) is 2.65. The molecular weight excluding hydrogens is 230 g/mol. The highest BCUT2D eigenvalue weighted by molar-refractivity contribution is 6.02. The largest absolute Gasteiger partial charge is 0.326 e. The van der Waals surface area contributed by atoms with Crippen LogP contribution in [0.1, 0.15) is 21.7 Å². The predicted molar refractivity (Wildman–Crippen MR) is 68.0 cm³/mol. The van der Waals surface area contributed by atoms with Gasteiger partial charge >= 0.3 is 0 Å². The zero-order valence-corrected chi connectivity index (χ0v) is 10.3. The van der Waals surface area contributed by atoms with Crippen molar-refractivity contribution >= 4 is 11.7 Å². The van der Waals surface area contributed by atoms with Crippen LogP contribution in [-0.4, -0.2) is 20.7 Å². The number of hydrogen-bond acceptors (Lipinski definition) is 4. The van der Waals surface area contributed by atoms with Gasteiger partial charge in [-0.2, -0.15) is 5.10 Å². The second kappa shape index (κ2) is 4.97. The molecule has 6 heteroatoms. The van der Waals surface area contributed by atoms with Crippen molar-refractivity contribution in [3.05, 3.63) is 41.3 Å². The number of nitrogens with one attached hydrogen (secondary N) is 1. The minimum Gasteiger partial charge on any atom is -0.326 e. The van der Waals surface area contributed by atoms with Crippen LogP contribution < -0.4 is 11.1 Å². The molecule has 6 nitrogen and oxygen atoms in total. The Morgan fingerprint density at radius 3 is 2.78 bits per heavy atom. The van der Waals surface area contributed by atoms with Gasteiger partial charge in [-0.15, -0.1) is 0 Å². The third-order valence-electron chi connectivity index (χ3n) is 2.65. The maximum atomic E-state index is 11.9. The number of aromatic nitrogens is 3. The summed E-state index contributed by atoms with van der Waals surface area (Å²) in [4.78, 5) is 16.0. The number of pyridine rings is 1. The van der Waals surface area contributed by atoms with E-state index in [-0.39, 0.29) is 5.91 Å². The summed E-state index contributed by atoms with van der Waals surface area (Å²) in [5.74, 6) is 0.215. The number of carbonyl (C=O) groups is 1. The summed E-state index contributed by atoms with van der Waals surface area (Å²) >= 11 is 0. The zero-order valence-electron chi connectivity index (χ0n) is 10.3. The van der Waals surface area contributed by atoms with Crippen LogP contribution in [0.25, 0.3) is 0 Å². The van der Waals surface area contributed by atoms with Gasteiger partial charge in [0.2, 0.25) is 0 Å². The number of amides is 1. The molecule has 2 rings (SSSR count).